The molecule has 0 fully saturated rings. The zero-order valence-corrected chi connectivity index (χ0v) is 12.9. The average molecular weight is 282 g/mol. The lowest BCUT2D eigenvalue weighted by molar-refractivity contribution is -0.166. The maximum absolute atomic E-state index is 12.2. The van der Waals surface area contributed by atoms with Gasteiger partial charge in [0.25, 0.3) is 0 Å². The molecule has 1 aliphatic carbocycles. The van der Waals surface area contributed by atoms with Crippen LogP contribution in [0.15, 0.2) is 12.2 Å². The van der Waals surface area contributed by atoms with Crippen molar-refractivity contribution in [1.29, 1.82) is 0 Å². The van der Waals surface area contributed by atoms with E-state index in [-0.39, 0.29) is 24.1 Å². The van der Waals surface area contributed by atoms with Crippen molar-refractivity contribution in [3.8, 4) is 0 Å². The lowest BCUT2D eigenvalue weighted by atomic mass is 9.83. The van der Waals surface area contributed by atoms with Gasteiger partial charge < -0.3 is 9.47 Å². The Hall–Kier alpha value is -1.32. The molecule has 0 aromatic heterocycles. The summed E-state index contributed by atoms with van der Waals surface area (Å²) in [6, 6.07) is 0. The van der Waals surface area contributed by atoms with E-state index in [9.17, 15) is 9.59 Å². The van der Waals surface area contributed by atoms with Gasteiger partial charge in [-0.1, -0.05) is 26.0 Å². The second kappa shape index (κ2) is 8.08. The summed E-state index contributed by atoms with van der Waals surface area (Å²) in [7, 11) is 0. The van der Waals surface area contributed by atoms with E-state index in [1.807, 2.05) is 39.8 Å². The summed E-state index contributed by atoms with van der Waals surface area (Å²) in [6.07, 6.45) is 6.31. The van der Waals surface area contributed by atoms with Crippen LogP contribution in [0.4, 0.5) is 0 Å². The third kappa shape index (κ3) is 4.66. The fourth-order valence-electron chi connectivity index (χ4n) is 2.07. The molecule has 0 N–H and O–H groups in total. The zero-order chi connectivity index (χ0) is 15.1. The second-order valence-corrected chi connectivity index (χ2v) is 5.47. The van der Waals surface area contributed by atoms with Crippen molar-refractivity contribution in [3.05, 3.63) is 12.2 Å². The standard InChI is InChI=1S/C16H26O4/c1-5-11(3)19-15(17)13-9-7-8-10-14(13)16(18)20-12(4)6-2/h7-8,11-14H,5-6,9-10H2,1-4H3. The Morgan fingerprint density at radius 2 is 1.30 bits per heavy atom. The molecule has 4 heteroatoms. The van der Waals surface area contributed by atoms with Crippen molar-refractivity contribution in [2.24, 2.45) is 11.8 Å². The summed E-state index contributed by atoms with van der Waals surface area (Å²) in [6.45, 7) is 7.66. The normalized spacial score (nSPS) is 24.8. The fourth-order valence-corrected chi connectivity index (χ4v) is 2.07. The van der Waals surface area contributed by atoms with E-state index in [0.29, 0.717) is 12.8 Å². The number of allylic oxidation sites excluding steroid dienone is 2. The number of carbonyl (C=O) groups is 2. The number of ether oxygens (including phenoxy) is 2. The second-order valence-electron chi connectivity index (χ2n) is 5.47. The molecule has 0 spiro atoms. The molecule has 4 unspecified atom stereocenters. The highest BCUT2D eigenvalue weighted by Gasteiger charge is 2.37. The molecule has 1 aliphatic rings. The molecule has 0 heterocycles. The minimum Gasteiger partial charge on any atom is -0.462 e. The van der Waals surface area contributed by atoms with Crippen LogP contribution in [-0.4, -0.2) is 24.1 Å². The zero-order valence-electron chi connectivity index (χ0n) is 12.9. The Bertz CT molecular complexity index is 327. The summed E-state index contributed by atoms with van der Waals surface area (Å²) in [5.41, 5.74) is 0. The summed E-state index contributed by atoms with van der Waals surface area (Å²) in [5, 5.41) is 0. The van der Waals surface area contributed by atoms with Gasteiger partial charge in [0.15, 0.2) is 0 Å². The van der Waals surface area contributed by atoms with Gasteiger partial charge in [-0.05, 0) is 39.5 Å². The number of rotatable bonds is 6. The molecule has 114 valence electrons. The molecule has 4 nitrogen and oxygen atoms in total. The van der Waals surface area contributed by atoms with Crippen LogP contribution in [0.25, 0.3) is 0 Å². The van der Waals surface area contributed by atoms with Gasteiger partial charge in [0, 0.05) is 0 Å². The molecule has 0 amide bonds. The molecule has 4 atom stereocenters. The van der Waals surface area contributed by atoms with Crippen molar-refractivity contribution < 1.29 is 19.1 Å². The maximum Gasteiger partial charge on any atom is 0.310 e. The van der Waals surface area contributed by atoms with E-state index >= 15 is 0 Å². The number of hydrogen-bond acceptors (Lipinski definition) is 4. The van der Waals surface area contributed by atoms with Crippen LogP contribution in [0.3, 0.4) is 0 Å². The van der Waals surface area contributed by atoms with Gasteiger partial charge in [-0.15, -0.1) is 0 Å². The van der Waals surface area contributed by atoms with Gasteiger partial charge in [-0.25, -0.2) is 0 Å². The Balaban J connectivity index is 2.69. The first kappa shape index (κ1) is 16.7. The largest absolute Gasteiger partial charge is 0.462 e. The highest BCUT2D eigenvalue weighted by molar-refractivity contribution is 5.83. The van der Waals surface area contributed by atoms with Crippen molar-refractivity contribution in [2.75, 3.05) is 0 Å². The molecular weight excluding hydrogens is 256 g/mol. The molecule has 0 saturated carbocycles. The number of hydrogen-bond donors (Lipinski definition) is 0. The molecule has 20 heavy (non-hydrogen) atoms. The first-order valence-electron chi connectivity index (χ1n) is 7.55. The van der Waals surface area contributed by atoms with E-state index in [1.165, 1.54) is 0 Å². The minimum absolute atomic E-state index is 0.111. The van der Waals surface area contributed by atoms with Gasteiger partial charge in [0.2, 0.25) is 0 Å². The highest BCUT2D eigenvalue weighted by atomic mass is 16.6. The van der Waals surface area contributed by atoms with E-state index in [1.54, 1.807) is 0 Å². The van der Waals surface area contributed by atoms with Crippen LogP contribution < -0.4 is 0 Å². The summed E-state index contributed by atoms with van der Waals surface area (Å²) >= 11 is 0. The van der Waals surface area contributed by atoms with E-state index in [0.717, 1.165) is 12.8 Å². The molecule has 0 radical (unpaired) electrons. The molecule has 0 aliphatic heterocycles. The smallest absolute Gasteiger partial charge is 0.310 e. The van der Waals surface area contributed by atoms with Crippen molar-refractivity contribution >= 4 is 11.9 Å². The van der Waals surface area contributed by atoms with Gasteiger partial charge in [-0.2, -0.15) is 0 Å². The van der Waals surface area contributed by atoms with Crippen LogP contribution in [0.2, 0.25) is 0 Å². The summed E-state index contributed by atoms with van der Waals surface area (Å²) in [4.78, 5) is 24.3. The third-order valence-corrected chi connectivity index (χ3v) is 3.82. The molecule has 0 aromatic rings. The fraction of sp³-hybridized carbons (Fsp3) is 0.750. The average Bonchev–Trinajstić information content (AvgIpc) is 2.46. The molecule has 0 bridgehead atoms. The SMILES string of the molecule is CCC(C)OC(=O)C1CC=CCC1C(=O)OC(C)CC. The topological polar surface area (TPSA) is 52.6 Å². The van der Waals surface area contributed by atoms with E-state index in [4.69, 9.17) is 9.47 Å². The van der Waals surface area contributed by atoms with Crippen LogP contribution in [0, 0.1) is 11.8 Å². The summed E-state index contributed by atoms with van der Waals surface area (Å²) < 4.78 is 10.7. The number of esters is 2. The number of carbonyl (C=O) groups excluding carboxylic acids is 2. The Morgan fingerprint density at radius 1 is 0.950 bits per heavy atom. The predicted octanol–water partition coefficient (Wildman–Crippen LogP) is 3.25. The van der Waals surface area contributed by atoms with Crippen LogP contribution in [0.1, 0.15) is 53.4 Å². The van der Waals surface area contributed by atoms with Crippen molar-refractivity contribution in [1.82, 2.24) is 0 Å². The molecule has 0 saturated heterocycles. The maximum atomic E-state index is 12.2. The lowest BCUT2D eigenvalue weighted by Gasteiger charge is -2.27. The molecular formula is C16H26O4. The minimum atomic E-state index is -0.412. The first-order valence-corrected chi connectivity index (χ1v) is 7.55. The van der Waals surface area contributed by atoms with Crippen LogP contribution in [0.5, 0.6) is 0 Å². The Morgan fingerprint density at radius 3 is 1.60 bits per heavy atom. The predicted molar refractivity (Wildman–Crippen MR) is 77.0 cm³/mol. The first-order chi connectivity index (χ1) is 9.49. The van der Waals surface area contributed by atoms with Crippen LogP contribution in [-0.2, 0) is 19.1 Å². The molecule has 1 rings (SSSR count). The Kier molecular flexibility index (Phi) is 6.76. The quantitative estimate of drug-likeness (QED) is 0.554. The molecule has 0 aromatic carbocycles. The monoisotopic (exact) mass is 282 g/mol. The van der Waals surface area contributed by atoms with Crippen LogP contribution >= 0.6 is 0 Å². The van der Waals surface area contributed by atoms with Gasteiger partial charge in [0.1, 0.15) is 0 Å². The van der Waals surface area contributed by atoms with E-state index < -0.39 is 11.8 Å². The summed E-state index contributed by atoms with van der Waals surface area (Å²) in [5.74, 6) is -1.39. The third-order valence-electron chi connectivity index (χ3n) is 3.82. The highest BCUT2D eigenvalue weighted by Crippen LogP contribution is 2.29. The lowest BCUT2D eigenvalue weighted by Crippen LogP contribution is -2.36. The van der Waals surface area contributed by atoms with Gasteiger partial charge >= 0.3 is 11.9 Å². The van der Waals surface area contributed by atoms with Crippen molar-refractivity contribution in [3.63, 3.8) is 0 Å². The van der Waals surface area contributed by atoms with Gasteiger partial charge in [-0.3, -0.25) is 9.59 Å². The Labute approximate surface area is 121 Å². The van der Waals surface area contributed by atoms with Crippen molar-refractivity contribution in [2.45, 2.75) is 65.6 Å². The van der Waals surface area contributed by atoms with E-state index in [2.05, 4.69) is 0 Å². The van der Waals surface area contributed by atoms with Gasteiger partial charge in [0.05, 0.1) is 24.0 Å².